The van der Waals surface area contributed by atoms with Gasteiger partial charge in [-0.15, -0.1) is 0 Å². The zero-order valence-electron chi connectivity index (χ0n) is 10.7. The highest BCUT2D eigenvalue weighted by atomic mass is 16.5. The molecule has 5 heteroatoms. The summed E-state index contributed by atoms with van der Waals surface area (Å²) in [5.74, 6) is 1.48. The number of para-hydroxylation sites is 1. The highest BCUT2D eigenvalue weighted by Gasteiger charge is 2.17. The Bertz CT molecular complexity index is 547. The standard InChI is InChI=1S/C14H17N3O2/c18-12-7-3-2-6-11(12)10-13-15-14(16-19-13)17-8-4-1-5-9-17/h2-3,6-7,18H,1,4-5,8-10H2. The highest BCUT2D eigenvalue weighted by Crippen LogP contribution is 2.21. The summed E-state index contributed by atoms with van der Waals surface area (Å²) in [7, 11) is 0. The van der Waals surface area contributed by atoms with E-state index in [1.54, 1.807) is 12.1 Å². The van der Waals surface area contributed by atoms with Crippen LogP contribution in [0.25, 0.3) is 0 Å². The van der Waals surface area contributed by atoms with Crippen molar-refractivity contribution in [1.82, 2.24) is 10.1 Å². The number of piperidine rings is 1. The Balaban J connectivity index is 1.73. The molecule has 0 spiro atoms. The highest BCUT2D eigenvalue weighted by molar-refractivity contribution is 5.35. The second-order valence-corrected chi connectivity index (χ2v) is 4.84. The van der Waals surface area contributed by atoms with Crippen LogP contribution >= 0.6 is 0 Å². The van der Waals surface area contributed by atoms with Gasteiger partial charge in [0.05, 0.1) is 6.42 Å². The molecule has 100 valence electrons. The molecular weight excluding hydrogens is 242 g/mol. The third-order valence-electron chi connectivity index (χ3n) is 3.43. The lowest BCUT2D eigenvalue weighted by Gasteiger charge is -2.24. The lowest BCUT2D eigenvalue weighted by Crippen LogP contribution is -2.30. The normalized spacial score (nSPS) is 15.7. The molecule has 2 heterocycles. The summed E-state index contributed by atoms with van der Waals surface area (Å²) < 4.78 is 5.26. The third kappa shape index (κ3) is 2.70. The second-order valence-electron chi connectivity index (χ2n) is 4.84. The van der Waals surface area contributed by atoms with Gasteiger partial charge in [0.1, 0.15) is 5.75 Å². The molecule has 0 unspecified atom stereocenters. The quantitative estimate of drug-likeness (QED) is 0.916. The van der Waals surface area contributed by atoms with Gasteiger partial charge in [0.25, 0.3) is 5.95 Å². The van der Waals surface area contributed by atoms with Crippen molar-refractivity contribution in [3.05, 3.63) is 35.7 Å². The van der Waals surface area contributed by atoms with Gasteiger partial charge in [-0.3, -0.25) is 0 Å². The molecule has 19 heavy (non-hydrogen) atoms. The number of aromatic hydroxyl groups is 1. The average molecular weight is 259 g/mol. The number of hydrogen-bond donors (Lipinski definition) is 1. The van der Waals surface area contributed by atoms with E-state index in [0.29, 0.717) is 18.3 Å². The number of phenols is 1. The molecule has 0 atom stereocenters. The minimum absolute atomic E-state index is 0.264. The van der Waals surface area contributed by atoms with Crippen molar-refractivity contribution in [3.8, 4) is 5.75 Å². The van der Waals surface area contributed by atoms with Crippen LogP contribution in [0, 0.1) is 0 Å². The van der Waals surface area contributed by atoms with E-state index in [1.807, 2.05) is 12.1 Å². The van der Waals surface area contributed by atoms with Crippen LogP contribution in [0.2, 0.25) is 0 Å². The van der Waals surface area contributed by atoms with Crippen molar-refractivity contribution >= 4 is 5.95 Å². The van der Waals surface area contributed by atoms with Crippen LogP contribution in [0.3, 0.4) is 0 Å². The molecule has 1 aliphatic rings. The number of aromatic nitrogens is 2. The Morgan fingerprint density at radius 3 is 2.74 bits per heavy atom. The van der Waals surface area contributed by atoms with Crippen molar-refractivity contribution in [2.45, 2.75) is 25.7 Å². The summed E-state index contributed by atoms with van der Waals surface area (Å²) in [6.07, 6.45) is 4.11. The van der Waals surface area contributed by atoms with Crippen molar-refractivity contribution in [2.75, 3.05) is 18.0 Å². The molecule has 1 N–H and O–H groups in total. The minimum atomic E-state index is 0.264. The summed E-state index contributed by atoms with van der Waals surface area (Å²) in [5, 5.41) is 13.8. The number of phenolic OH excluding ortho intramolecular Hbond substituents is 1. The average Bonchev–Trinajstić information content (AvgIpc) is 2.91. The zero-order chi connectivity index (χ0) is 13.1. The van der Waals surface area contributed by atoms with Gasteiger partial charge < -0.3 is 14.5 Å². The number of benzene rings is 1. The van der Waals surface area contributed by atoms with Crippen LogP contribution in [0.4, 0.5) is 5.95 Å². The summed E-state index contributed by atoms with van der Waals surface area (Å²) >= 11 is 0. The maximum Gasteiger partial charge on any atom is 0.266 e. The van der Waals surface area contributed by atoms with Crippen molar-refractivity contribution in [1.29, 1.82) is 0 Å². The first-order valence-corrected chi connectivity index (χ1v) is 6.67. The summed E-state index contributed by atoms with van der Waals surface area (Å²) in [4.78, 5) is 6.56. The Hall–Kier alpha value is -2.04. The monoisotopic (exact) mass is 259 g/mol. The molecule has 1 saturated heterocycles. The number of rotatable bonds is 3. The molecule has 0 saturated carbocycles. The van der Waals surface area contributed by atoms with Gasteiger partial charge >= 0.3 is 0 Å². The fraction of sp³-hybridized carbons (Fsp3) is 0.429. The summed E-state index contributed by atoms with van der Waals surface area (Å²) in [6.45, 7) is 1.99. The molecule has 1 aliphatic heterocycles. The van der Waals surface area contributed by atoms with Gasteiger partial charge in [0.2, 0.25) is 5.89 Å². The molecule has 1 fully saturated rings. The smallest absolute Gasteiger partial charge is 0.266 e. The molecule has 0 radical (unpaired) electrons. The van der Waals surface area contributed by atoms with Gasteiger partial charge in [-0.25, -0.2) is 0 Å². The SMILES string of the molecule is Oc1ccccc1Cc1nc(N2CCCCC2)no1. The second kappa shape index (κ2) is 5.30. The van der Waals surface area contributed by atoms with Gasteiger partial charge in [-0.2, -0.15) is 4.98 Å². The zero-order valence-corrected chi connectivity index (χ0v) is 10.7. The largest absolute Gasteiger partial charge is 0.508 e. The summed E-state index contributed by atoms with van der Waals surface area (Å²) in [6, 6.07) is 7.21. The maximum atomic E-state index is 9.73. The van der Waals surface area contributed by atoms with E-state index in [1.165, 1.54) is 19.3 Å². The predicted octanol–water partition coefficient (Wildman–Crippen LogP) is 2.36. The Morgan fingerprint density at radius 2 is 1.95 bits per heavy atom. The van der Waals surface area contributed by atoms with E-state index in [0.717, 1.165) is 18.7 Å². The Labute approximate surface area is 111 Å². The predicted molar refractivity (Wildman–Crippen MR) is 71.3 cm³/mol. The van der Waals surface area contributed by atoms with Crippen molar-refractivity contribution in [3.63, 3.8) is 0 Å². The lowest BCUT2D eigenvalue weighted by molar-refractivity contribution is 0.380. The van der Waals surface area contributed by atoms with Crippen LogP contribution in [0.1, 0.15) is 30.7 Å². The molecule has 1 aromatic heterocycles. The van der Waals surface area contributed by atoms with Crippen LogP contribution in [-0.4, -0.2) is 28.3 Å². The van der Waals surface area contributed by atoms with Crippen molar-refractivity contribution < 1.29 is 9.63 Å². The Kier molecular flexibility index (Phi) is 3.35. The fourth-order valence-electron chi connectivity index (χ4n) is 2.36. The van der Waals surface area contributed by atoms with E-state index >= 15 is 0 Å². The molecule has 1 aromatic carbocycles. The number of hydrogen-bond acceptors (Lipinski definition) is 5. The fourth-order valence-corrected chi connectivity index (χ4v) is 2.36. The number of anilines is 1. The Morgan fingerprint density at radius 1 is 1.16 bits per heavy atom. The topological polar surface area (TPSA) is 62.4 Å². The van der Waals surface area contributed by atoms with Crippen LogP contribution in [0.15, 0.2) is 28.8 Å². The van der Waals surface area contributed by atoms with Crippen LogP contribution in [0.5, 0.6) is 5.75 Å². The molecule has 5 nitrogen and oxygen atoms in total. The molecular formula is C14H17N3O2. The summed E-state index contributed by atoms with van der Waals surface area (Å²) in [5.41, 5.74) is 0.802. The van der Waals surface area contributed by atoms with E-state index in [-0.39, 0.29) is 5.75 Å². The van der Waals surface area contributed by atoms with E-state index in [2.05, 4.69) is 15.0 Å². The maximum absolute atomic E-state index is 9.73. The van der Waals surface area contributed by atoms with Gasteiger partial charge in [0, 0.05) is 18.7 Å². The van der Waals surface area contributed by atoms with Crippen LogP contribution < -0.4 is 4.90 Å². The van der Waals surface area contributed by atoms with Gasteiger partial charge in [0.15, 0.2) is 0 Å². The molecule has 0 aliphatic carbocycles. The van der Waals surface area contributed by atoms with Gasteiger partial charge in [-0.1, -0.05) is 18.2 Å². The van der Waals surface area contributed by atoms with Crippen molar-refractivity contribution in [2.24, 2.45) is 0 Å². The third-order valence-corrected chi connectivity index (χ3v) is 3.43. The molecule has 0 bridgehead atoms. The lowest BCUT2D eigenvalue weighted by atomic mass is 10.1. The van der Waals surface area contributed by atoms with E-state index in [4.69, 9.17) is 4.52 Å². The molecule has 3 rings (SSSR count). The number of nitrogens with zero attached hydrogens (tertiary/aromatic N) is 3. The minimum Gasteiger partial charge on any atom is -0.508 e. The first-order chi connectivity index (χ1) is 9.33. The molecule has 2 aromatic rings. The van der Waals surface area contributed by atoms with E-state index < -0.39 is 0 Å². The first kappa shape index (κ1) is 12.0. The molecule has 0 amide bonds. The van der Waals surface area contributed by atoms with Crippen LogP contribution in [-0.2, 0) is 6.42 Å². The van der Waals surface area contributed by atoms with Gasteiger partial charge in [-0.05, 0) is 30.5 Å². The first-order valence-electron chi connectivity index (χ1n) is 6.67. The van der Waals surface area contributed by atoms with E-state index in [9.17, 15) is 5.11 Å².